The topological polar surface area (TPSA) is 121 Å². The van der Waals surface area contributed by atoms with Crippen molar-refractivity contribution in [2.45, 2.75) is 6.92 Å². The minimum absolute atomic E-state index is 0.111. The van der Waals surface area contributed by atoms with Crippen LogP contribution >= 0.6 is 34.8 Å². The number of para-hydroxylation sites is 1. The molecule has 0 radical (unpaired) electrons. The van der Waals surface area contributed by atoms with E-state index >= 15 is 0 Å². The lowest BCUT2D eigenvalue weighted by Gasteiger charge is -2.12. The van der Waals surface area contributed by atoms with Gasteiger partial charge in [0.15, 0.2) is 5.15 Å². The fourth-order valence-corrected chi connectivity index (χ4v) is 2.55. The van der Waals surface area contributed by atoms with Gasteiger partial charge in [-0.1, -0.05) is 46.9 Å². The zero-order valence-electron chi connectivity index (χ0n) is 12.4. The van der Waals surface area contributed by atoms with E-state index in [1.165, 1.54) is 25.1 Å². The highest BCUT2D eigenvalue weighted by atomic mass is 35.5. The molecule has 130 valence electrons. The molecule has 1 aromatic carbocycles. The number of hydrazone groups is 1. The van der Waals surface area contributed by atoms with Gasteiger partial charge in [-0.05, 0) is 13.0 Å². The van der Waals surface area contributed by atoms with Crippen LogP contribution in [0.3, 0.4) is 0 Å². The monoisotopic (exact) mass is 401 g/mol. The van der Waals surface area contributed by atoms with Crippen molar-refractivity contribution in [3.05, 3.63) is 60.8 Å². The average Bonchev–Trinajstić information content (AvgIpc) is 2.57. The fourth-order valence-electron chi connectivity index (χ4n) is 1.89. The van der Waals surface area contributed by atoms with Crippen LogP contribution in [0.5, 0.6) is 0 Å². The second-order valence-electron chi connectivity index (χ2n) is 4.62. The second-order valence-corrected chi connectivity index (χ2v) is 5.74. The molecule has 0 atom stereocenters. The third-order valence-corrected chi connectivity index (χ3v) is 4.16. The van der Waals surface area contributed by atoms with Crippen LogP contribution < -0.4 is 10.5 Å². The van der Waals surface area contributed by atoms with Crippen molar-refractivity contribution >= 4 is 57.9 Å². The summed E-state index contributed by atoms with van der Waals surface area (Å²) < 4.78 is 0. The fraction of sp³-hybridized carbons (Fsp3) is 0.0714. The molecule has 11 heteroatoms. The van der Waals surface area contributed by atoms with E-state index in [0.717, 1.165) is 0 Å². The molecule has 8 nitrogen and oxygen atoms in total. The lowest BCUT2D eigenvalue weighted by atomic mass is 10.1. The summed E-state index contributed by atoms with van der Waals surface area (Å²) in [6.07, 6.45) is 0. The number of hydrogen-bond donors (Lipinski definition) is 1. The standard InChI is InChI=1S/C14H9Cl3N4O4/c1-6(7-4-2-3-5-8(7)21(24)25)19-20-11-9(15)12(14(22)23)18-13(17)10(11)16/h2-5H,1H3,(H,18,20)(H,22,23)/p-1/b19-6-. The van der Waals surface area contributed by atoms with Gasteiger partial charge in [-0.3, -0.25) is 15.5 Å². The zero-order valence-corrected chi connectivity index (χ0v) is 14.7. The molecule has 0 amide bonds. The van der Waals surface area contributed by atoms with Gasteiger partial charge in [0.2, 0.25) is 0 Å². The van der Waals surface area contributed by atoms with Crippen LogP contribution in [0.15, 0.2) is 29.4 Å². The maximum absolute atomic E-state index is 11.1. The highest BCUT2D eigenvalue weighted by Gasteiger charge is 2.18. The van der Waals surface area contributed by atoms with Crippen molar-refractivity contribution in [1.29, 1.82) is 0 Å². The van der Waals surface area contributed by atoms with Gasteiger partial charge in [0.05, 0.1) is 32.9 Å². The van der Waals surface area contributed by atoms with Gasteiger partial charge in [-0.25, -0.2) is 4.98 Å². The Labute approximate surface area is 156 Å². The number of carboxylic acid groups (broad SMARTS) is 1. The number of halogens is 3. The van der Waals surface area contributed by atoms with E-state index in [1.54, 1.807) is 6.07 Å². The number of aromatic nitrogens is 1. The van der Waals surface area contributed by atoms with Crippen molar-refractivity contribution in [1.82, 2.24) is 4.98 Å². The number of nitro benzene ring substituents is 1. The minimum atomic E-state index is -1.65. The molecular formula is C14H8Cl3N4O4-. The number of carbonyl (C=O) groups is 1. The second kappa shape index (κ2) is 7.64. The number of anilines is 1. The number of carbonyl (C=O) groups excluding carboxylic acids is 1. The summed E-state index contributed by atoms with van der Waals surface area (Å²) in [4.78, 5) is 25.0. The first-order valence-electron chi connectivity index (χ1n) is 6.54. The highest BCUT2D eigenvalue weighted by molar-refractivity contribution is 6.46. The summed E-state index contributed by atoms with van der Waals surface area (Å²) in [5, 5.41) is 25.2. The van der Waals surface area contributed by atoms with Gasteiger partial charge < -0.3 is 9.90 Å². The zero-order chi connectivity index (χ0) is 18.7. The molecule has 2 rings (SSSR count). The third kappa shape index (κ3) is 3.98. The predicted octanol–water partition coefficient (Wildman–Crippen LogP) is 3.15. The van der Waals surface area contributed by atoms with Crippen molar-refractivity contribution in [2.24, 2.45) is 5.10 Å². The lowest BCUT2D eigenvalue weighted by molar-refractivity contribution is -0.385. The molecule has 0 spiro atoms. The SMILES string of the molecule is C/C(=N/Nc1c(Cl)c(Cl)nc(C(=O)[O-])c1Cl)c1ccccc1[N+](=O)[O-]. The quantitative estimate of drug-likeness (QED) is 0.355. The molecule has 1 heterocycles. The number of nitrogens with one attached hydrogen (secondary N) is 1. The maximum atomic E-state index is 11.1. The smallest absolute Gasteiger partial charge is 0.278 e. The minimum Gasteiger partial charge on any atom is -0.543 e. The van der Waals surface area contributed by atoms with E-state index in [9.17, 15) is 20.0 Å². The summed E-state index contributed by atoms with van der Waals surface area (Å²) in [6, 6.07) is 5.96. The molecule has 2 aromatic rings. The van der Waals surface area contributed by atoms with Crippen LogP contribution in [0.4, 0.5) is 11.4 Å². The summed E-state index contributed by atoms with van der Waals surface area (Å²) in [7, 11) is 0. The average molecular weight is 403 g/mol. The Balaban J connectivity index is 2.46. The first kappa shape index (κ1) is 18.9. The van der Waals surface area contributed by atoms with Gasteiger partial charge in [0.25, 0.3) is 5.69 Å². The third-order valence-electron chi connectivity index (χ3n) is 3.06. The van der Waals surface area contributed by atoms with Crippen LogP contribution in [0.2, 0.25) is 15.2 Å². The molecular weight excluding hydrogens is 395 g/mol. The van der Waals surface area contributed by atoms with Gasteiger partial charge in [-0.15, -0.1) is 0 Å². The highest BCUT2D eigenvalue weighted by Crippen LogP contribution is 2.36. The molecule has 0 saturated carbocycles. The number of aromatic carboxylic acids is 1. The normalized spacial score (nSPS) is 11.3. The largest absolute Gasteiger partial charge is 0.543 e. The molecule has 0 saturated heterocycles. The van der Waals surface area contributed by atoms with E-state index in [-0.39, 0.29) is 37.8 Å². The molecule has 25 heavy (non-hydrogen) atoms. The number of carboxylic acids is 1. The van der Waals surface area contributed by atoms with E-state index in [4.69, 9.17) is 34.8 Å². The van der Waals surface area contributed by atoms with E-state index in [1.807, 2.05) is 0 Å². The Kier molecular flexibility index (Phi) is 5.78. The van der Waals surface area contributed by atoms with Crippen LogP contribution in [0.1, 0.15) is 23.0 Å². The first-order chi connectivity index (χ1) is 11.7. The number of nitro groups is 1. The number of pyridine rings is 1. The van der Waals surface area contributed by atoms with Crippen LogP contribution in [-0.4, -0.2) is 21.6 Å². The van der Waals surface area contributed by atoms with Crippen LogP contribution in [0.25, 0.3) is 0 Å². The van der Waals surface area contributed by atoms with Gasteiger partial charge in [-0.2, -0.15) is 5.10 Å². The van der Waals surface area contributed by atoms with E-state index < -0.39 is 16.6 Å². The van der Waals surface area contributed by atoms with Crippen LogP contribution in [-0.2, 0) is 0 Å². The Morgan fingerprint density at radius 3 is 2.48 bits per heavy atom. The van der Waals surface area contributed by atoms with Crippen molar-refractivity contribution < 1.29 is 14.8 Å². The molecule has 0 aliphatic heterocycles. The molecule has 1 N–H and O–H groups in total. The van der Waals surface area contributed by atoms with E-state index in [2.05, 4.69) is 15.5 Å². The van der Waals surface area contributed by atoms with Crippen LogP contribution in [0, 0.1) is 10.1 Å². The summed E-state index contributed by atoms with van der Waals surface area (Å²) >= 11 is 17.6. The number of benzene rings is 1. The summed E-state index contributed by atoms with van der Waals surface area (Å²) in [6.45, 7) is 1.51. The molecule has 0 bridgehead atoms. The summed E-state index contributed by atoms with van der Waals surface area (Å²) in [5.74, 6) is -1.65. The maximum Gasteiger partial charge on any atom is 0.278 e. The molecule has 0 aliphatic rings. The van der Waals surface area contributed by atoms with Crippen molar-refractivity contribution in [2.75, 3.05) is 5.43 Å². The van der Waals surface area contributed by atoms with Gasteiger partial charge in [0, 0.05) is 6.07 Å². The van der Waals surface area contributed by atoms with Crippen molar-refractivity contribution in [3.63, 3.8) is 0 Å². The van der Waals surface area contributed by atoms with E-state index in [0.29, 0.717) is 0 Å². The Morgan fingerprint density at radius 1 is 1.24 bits per heavy atom. The first-order valence-corrected chi connectivity index (χ1v) is 7.67. The van der Waals surface area contributed by atoms with Gasteiger partial charge in [0.1, 0.15) is 10.7 Å². The summed E-state index contributed by atoms with van der Waals surface area (Å²) in [5.41, 5.74) is 2.09. The number of rotatable bonds is 5. The molecule has 0 aliphatic carbocycles. The Morgan fingerprint density at radius 2 is 1.88 bits per heavy atom. The van der Waals surface area contributed by atoms with Gasteiger partial charge >= 0.3 is 0 Å². The molecule has 0 unspecified atom stereocenters. The number of hydrogen-bond acceptors (Lipinski definition) is 7. The molecule has 0 fully saturated rings. The molecule has 1 aromatic heterocycles. The Hall–Kier alpha value is -2.42. The lowest BCUT2D eigenvalue weighted by Crippen LogP contribution is -2.24. The predicted molar refractivity (Wildman–Crippen MR) is 92.5 cm³/mol. The van der Waals surface area contributed by atoms with Crippen molar-refractivity contribution in [3.8, 4) is 0 Å². The number of nitrogens with zero attached hydrogens (tertiary/aromatic N) is 3. The Bertz CT molecular complexity index is 902.